The average Bonchev–Trinajstić information content (AvgIpc) is 3.63. The fraction of sp³-hybridized carbons (Fsp3) is 0.167. The number of aromatic nitrogens is 3. The van der Waals surface area contributed by atoms with Crippen molar-refractivity contribution in [1.29, 1.82) is 0 Å². The predicted molar refractivity (Wildman–Crippen MR) is 122 cm³/mol. The number of carbonyl (C=O) groups excluding carboxylic acids is 1. The van der Waals surface area contributed by atoms with Crippen molar-refractivity contribution in [2.24, 2.45) is 0 Å². The third kappa shape index (κ3) is 4.02. The summed E-state index contributed by atoms with van der Waals surface area (Å²) in [6.45, 7) is 0. The summed E-state index contributed by atoms with van der Waals surface area (Å²) in [6.07, 6.45) is 7.00. The topological polar surface area (TPSA) is 109 Å². The lowest BCUT2D eigenvalue weighted by Gasteiger charge is -2.12. The van der Waals surface area contributed by atoms with E-state index in [2.05, 4.69) is 20.6 Å². The third-order valence-corrected chi connectivity index (χ3v) is 5.32. The van der Waals surface area contributed by atoms with Crippen molar-refractivity contribution < 1.29 is 9.53 Å². The molecule has 1 aromatic carbocycles. The maximum absolute atomic E-state index is 12.6. The van der Waals surface area contributed by atoms with Gasteiger partial charge in [0.1, 0.15) is 11.6 Å². The first-order valence-electron chi connectivity index (χ1n) is 10.3. The molecule has 0 unspecified atom stereocenters. The Hall–Kier alpha value is -4.20. The molecular weight excluding hydrogens is 406 g/mol. The van der Waals surface area contributed by atoms with Crippen molar-refractivity contribution >= 4 is 28.2 Å². The number of H-pyrrole nitrogens is 1. The molecule has 1 aliphatic rings. The van der Waals surface area contributed by atoms with Gasteiger partial charge in [0.15, 0.2) is 0 Å². The monoisotopic (exact) mass is 427 g/mol. The van der Waals surface area contributed by atoms with Gasteiger partial charge < -0.3 is 20.4 Å². The minimum atomic E-state index is -0.242. The number of fused-ring (bicyclic) bond motifs is 1. The summed E-state index contributed by atoms with van der Waals surface area (Å²) in [7, 11) is 1.58. The Morgan fingerprint density at radius 2 is 1.94 bits per heavy atom. The van der Waals surface area contributed by atoms with E-state index in [-0.39, 0.29) is 11.5 Å². The maximum Gasteiger partial charge on any atom is 0.259 e. The number of methoxy groups -OCH3 is 1. The maximum atomic E-state index is 12.6. The number of hydrogen-bond donors (Lipinski definition) is 3. The first-order valence-corrected chi connectivity index (χ1v) is 10.3. The number of nitrogens with one attached hydrogen (secondary N) is 3. The molecule has 8 heteroatoms. The second-order valence-corrected chi connectivity index (χ2v) is 7.69. The molecule has 1 aliphatic carbocycles. The smallest absolute Gasteiger partial charge is 0.259 e. The summed E-state index contributed by atoms with van der Waals surface area (Å²) in [5.74, 6) is 0.953. The van der Waals surface area contributed by atoms with Gasteiger partial charge in [-0.1, -0.05) is 0 Å². The normalized spacial score (nSPS) is 13.0. The van der Waals surface area contributed by atoms with E-state index >= 15 is 0 Å². The van der Waals surface area contributed by atoms with Crippen LogP contribution in [0.4, 0.5) is 11.5 Å². The first kappa shape index (κ1) is 19.7. The summed E-state index contributed by atoms with van der Waals surface area (Å²) in [4.78, 5) is 36.4. The van der Waals surface area contributed by atoms with Crippen molar-refractivity contribution in [2.75, 3.05) is 12.4 Å². The summed E-state index contributed by atoms with van der Waals surface area (Å²) in [5, 5.41) is 7.39. The molecule has 0 saturated heterocycles. The Labute approximate surface area is 183 Å². The lowest BCUT2D eigenvalue weighted by Crippen LogP contribution is -2.25. The second-order valence-electron chi connectivity index (χ2n) is 7.69. The first-order chi connectivity index (χ1) is 15.6. The standard InChI is InChI=1S/C24H21N5O3/c1-32-19-10-16(12-25-13-19)20-11-15-8-9-26-24(31)21(15)22(29-20)27-17-4-2-14(3-5-17)23(30)28-18-6-7-18/h2-5,8-13,18H,6-7H2,1H3,(H,26,31)(H,27,29)(H,28,30). The molecule has 1 fully saturated rings. The van der Waals surface area contributed by atoms with E-state index in [0.29, 0.717) is 39.9 Å². The molecule has 5 rings (SSSR count). The summed E-state index contributed by atoms with van der Waals surface area (Å²) in [6, 6.07) is 12.9. The van der Waals surface area contributed by atoms with E-state index in [9.17, 15) is 9.59 Å². The van der Waals surface area contributed by atoms with E-state index < -0.39 is 0 Å². The van der Waals surface area contributed by atoms with Crippen LogP contribution in [0.25, 0.3) is 22.0 Å². The number of anilines is 2. The molecular formula is C24H21N5O3. The van der Waals surface area contributed by atoms with Gasteiger partial charge in [0.05, 0.1) is 24.4 Å². The predicted octanol–water partition coefficient (Wildman–Crippen LogP) is 3.63. The van der Waals surface area contributed by atoms with E-state index in [0.717, 1.165) is 23.8 Å². The van der Waals surface area contributed by atoms with Crippen LogP contribution in [0.5, 0.6) is 5.75 Å². The summed E-state index contributed by atoms with van der Waals surface area (Å²) >= 11 is 0. The highest BCUT2D eigenvalue weighted by Crippen LogP contribution is 2.29. The fourth-order valence-electron chi connectivity index (χ4n) is 3.46. The van der Waals surface area contributed by atoms with E-state index in [1.807, 2.05) is 18.2 Å². The van der Waals surface area contributed by atoms with Crippen LogP contribution < -0.4 is 20.9 Å². The van der Waals surface area contributed by atoms with Crippen LogP contribution in [-0.2, 0) is 0 Å². The molecule has 3 N–H and O–H groups in total. The van der Waals surface area contributed by atoms with Crippen LogP contribution in [0.1, 0.15) is 23.2 Å². The lowest BCUT2D eigenvalue weighted by atomic mass is 10.1. The van der Waals surface area contributed by atoms with Crippen molar-refractivity contribution in [3.05, 3.63) is 77.0 Å². The number of pyridine rings is 3. The highest BCUT2D eigenvalue weighted by molar-refractivity contribution is 5.96. The molecule has 8 nitrogen and oxygen atoms in total. The number of hydrogen-bond acceptors (Lipinski definition) is 6. The number of rotatable bonds is 6. The van der Waals surface area contributed by atoms with Crippen LogP contribution in [0.3, 0.4) is 0 Å². The molecule has 32 heavy (non-hydrogen) atoms. The quantitative estimate of drug-likeness (QED) is 0.434. The SMILES string of the molecule is COc1cncc(-c2cc3cc[nH]c(=O)c3c(Nc3ccc(C(=O)NC4CC4)cc3)n2)c1. The third-order valence-electron chi connectivity index (χ3n) is 5.32. The Balaban J connectivity index is 1.52. The fourth-order valence-corrected chi connectivity index (χ4v) is 3.46. The molecule has 3 heterocycles. The largest absolute Gasteiger partial charge is 0.495 e. The van der Waals surface area contributed by atoms with Crippen LogP contribution >= 0.6 is 0 Å². The van der Waals surface area contributed by atoms with Crippen LogP contribution in [-0.4, -0.2) is 34.0 Å². The zero-order valence-electron chi connectivity index (χ0n) is 17.4. The van der Waals surface area contributed by atoms with Gasteiger partial charge in [0.2, 0.25) is 0 Å². The van der Waals surface area contributed by atoms with Gasteiger partial charge in [-0.3, -0.25) is 14.6 Å². The van der Waals surface area contributed by atoms with Crippen LogP contribution in [0.15, 0.2) is 65.8 Å². The molecule has 0 atom stereocenters. The number of nitrogens with zero attached hydrogens (tertiary/aromatic N) is 2. The summed E-state index contributed by atoms with van der Waals surface area (Å²) in [5.41, 5.74) is 2.48. The van der Waals surface area contributed by atoms with Gasteiger partial charge in [0, 0.05) is 35.2 Å². The van der Waals surface area contributed by atoms with Gasteiger partial charge >= 0.3 is 0 Å². The van der Waals surface area contributed by atoms with Gasteiger partial charge in [-0.25, -0.2) is 4.98 Å². The molecule has 0 aliphatic heterocycles. The molecule has 1 saturated carbocycles. The molecule has 0 radical (unpaired) electrons. The highest BCUT2D eigenvalue weighted by atomic mass is 16.5. The Kier molecular flexibility index (Phi) is 5.03. The van der Waals surface area contributed by atoms with Gasteiger partial charge in [-0.2, -0.15) is 0 Å². The molecule has 0 bridgehead atoms. The van der Waals surface area contributed by atoms with Crippen LogP contribution in [0.2, 0.25) is 0 Å². The molecule has 160 valence electrons. The van der Waals surface area contributed by atoms with Gasteiger partial charge in [0.25, 0.3) is 11.5 Å². The Bertz CT molecular complexity index is 1360. The zero-order chi connectivity index (χ0) is 22.1. The number of carbonyl (C=O) groups is 1. The zero-order valence-corrected chi connectivity index (χ0v) is 17.4. The number of benzene rings is 1. The number of ether oxygens (including phenoxy) is 1. The lowest BCUT2D eigenvalue weighted by molar-refractivity contribution is 0.0951. The Morgan fingerprint density at radius 1 is 1.12 bits per heavy atom. The molecule has 4 aromatic rings. The summed E-state index contributed by atoms with van der Waals surface area (Å²) < 4.78 is 5.27. The van der Waals surface area contributed by atoms with Gasteiger partial charge in [-0.05, 0) is 60.7 Å². The number of aromatic amines is 1. The van der Waals surface area contributed by atoms with Crippen molar-refractivity contribution in [2.45, 2.75) is 18.9 Å². The molecule has 1 amide bonds. The highest BCUT2D eigenvalue weighted by Gasteiger charge is 2.23. The van der Waals surface area contributed by atoms with Crippen LogP contribution in [0, 0.1) is 0 Å². The van der Waals surface area contributed by atoms with Crippen molar-refractivity contribution in [3.63, 3.8) is 0 Å². The molecule has 0 spiro atoms. The average molecular weight is 427 g/mol. The van der Waals surface area contributed by atoms with E-state index in [1.165, 1.54) is 0 Å². The van der Waals surface area contributed by atoms with Gasteiger partial charge in [-0.15, -0.1) is 0 Å². The van der Waals surface area contributed by atoms with E-state index in [4.69, 9.17) is 9.72 Å². The number of amides is 1. The van der Waals surface area contributed by atoms with Crippen molar-refractivity contribution in [1.82, 2.24) is 20.3 Å². The molecule has 3 aromatic heterocycles. The van der Waals surface area contributed by atoms with E-state index in [1.54, 1.807) is 50.0 Å². The second kappa shape index (κ2) is 8.14. The Morgan fingerprint density at radius 3 is 2.69 bits per heavy atom. The minimum absolute atomic E-state index is 0.0772. The van der Waals surface area contributed by atoms with Crippen molar-refractivity contribution in [3.8, 4) is 17.0 Å². The minimum Gasteiger partial charge on any atom is -0.495 e.